The molecule has 0 radical (unpaired) electrons. The van der Waals surface area contributed by atoms with Crippen molar-refractivity contribution in [3.8, 4) is 5.75 Å². The molecule has 3 aromatic carbocycles. The largest absolute Gasteiger partial charge is 0.447 e. The minimum absolute atomic E-state index is 0.335. The molecule has 0 saturated heterocycles. The van der Waals surface area contributed by atoms with Gasteiger partial charge >= 0.3 is 11.9 Å². The molecule has 4 nitrogen and oxygen atoms in total. The molecular weight excluding hydrogens is 316 g/mol. The van der Waals surface area contributed by atoms with E-state index in [9.17, 15) is 9.59 Å². The van der Waals surface area contributed by atoms with Gasteiger partial charge in [0.25, 0.3) is 0 Å². The molecule has 3 aromatic rings. The zero-order valence-electron chi connectivity index (χ0n) is 13.8. The van der Waals surface area contributed by atoms with Crippen molar-refractivity contribution in [2.75, 3.05) is 0 Å². The fourth-order valence-electron chi connectivity index (χ4n) is 2.53. The van der Waals surface area contributed by atoms with Crippen LogP contribution in [0.2, 0.25) is 0 Å². The van der Waals surface area contributed by atoms with Gasteiger partial charge in [0.15, 0.2) is 6.10 Å². The van der Waals surface area contributed by atoms with Crippen molar-refractivity contribution in [3.05, 3.63) is 78.4 Å². The Hall–Kier alpha value is -3.14. The van der Waals surface area contributed by atoms with Gasteiger partial charge in [-0.1, -0.05) is 61.5 Å². The summed E-state index contributed by atoms with van der Waals surface area (Å²) in [6.45, 7) is 1.77. The predicted octanol–water partition coefficient (Wildman–Crippen LogP) is 4.38. The minimum atomic E-state index is -0.952. The lowest BCUT2D eigenvalue weighted by Crippen LogP contribution is -2.30. The van der Waals surface area contributed by atoms with E-state index in [0.29, 0.717) is 17.7 Å². The van der Waals surface area contributed by atoms with Gasteiger partial charge in [0, 0.05) is 5.39 Å². The highest BCUT2D eigenvalue weighted by Crippen LogP contribution is 2.26. The van der Waals surface area contributed by atoms with Crippen LogP contribution in [0.4, 0.5) is 0 Å². The van der Waals surface area contributed by atoms with Crippen LogP contribution in [-0.2, 0) is 9.53 Å². The molecule has 0 aliphatic carbocycles. The zero-order chi connectivity index (χ0) is 17.6. The third kappa shape index (κ3) is 3.86. The molecule has 0 aliphatic heterocycles. The van der Waals surface area contributed by atoms with Crippen LogP contribution in [0.15, 0.2) is 72.8 Å². The molecule has 0 aromatic heterocycles. The van der Waals surface area contributed by atoms with Gasteiger partial charge in [-0.2, -0.15) is 0 Å². The molecule has 0 saturated carbocycles. The van der Waals surface area contributed by atoms with Crippen molar-refractivity contribution in [1.82, 2.24) is 0 Å². The maximum Gasteiger partial charge on any atom is 0.352 e. The summed E-state index contributed by atoms with van der Waals surface area (Å²) in [6.07, 6.45) is -0.617. The standard InChI is InChI=1S/C21H18O4/c1-2-18(24-20(22)16-10-4-3-5-11-16)21(23)25-19-14-8-12-15-9-6-7-13-17(15)19/h3-14,18H,2H2,1H3. The first-order valence-corrected chi connectivity index (χ1v) is 8.14. The molecule has 0 spiro atoms. The second-order valence-electron chi connectivity index (χ2n) is 5.57. The second-order valence-corrected chi connectivity index (χ2v) is 5.57. The number of hydrogen-bond acceptors (Lipinski definition) is 4. The van der Waals surface area contributed by atoms with E-state index >= 15 is 0 Å². The smallest absolute Gasteiger partial charge is 0.352 e. The first-order valence-electron chi connectivity index (χ1n) is 8.14. The number of hydrogen-bond donors (Lipinski definition) is 0. The van der Waals surface area contributed by atoms with Crippen molar-refractivity contribution < 1.29 is 19.1 Å². The Morgan fingerprint density at radius 1 is 0.880 bits per heavy atom. The maximum absolute atomic E-state index is 12.5. The second kappa shape index (κ2) is 7.62. The fraction of sp³-hybridized carbons (Fsp3) is 0.143. The topological polar surface area (TPSA) is 52.6 Å². The molecule has 0 aliphatic rings. The van der Waals surface area contributed by atoms with Gasteiger partial charge in [0.2, 0.25) is 0 Å². The zero-order valence-corrected chi connectivity index (χ0v) is 13.8. The molecule has 126 valence electrons. The Morgan fingerprint density at radius 3 is 2.32 bits per heavy atom. The Labute approximate surface area is 146 Å². The van der Waals surface area contributed by atoms with Gasteiger partial charge in [-0.15, -0.1) is 0 Å². The molecule has 1 atom stereocenters. The van der Waals surface area contributed by atoms with Gasteiger partial charge in [-0.05, 0) is 30.0 Å². The number of carbonyl (C=O) groups is 2. The number of esters is 2. The van der Waals surface area contributed by atoms with Gasteiger partial charge in [-0.25, -0.2) is 9.59 Å². The number of carbonyl (C=O) groups excluding carboxylic acids is 2. The van der Waals surface area contributed by atoms with Crippen molar-refractivity contribution in [2.45, 2.75) is 19.4 Å². The maximum atomic E-state index is 12.5. The Morgan fingerprint density at radius 2 is 1.56 bits per heavy atom. The van der Waals surface area contributed by atoms with Crippen LogP contribution < -0.4 is 4.74 Å². The summed E-state index contributed by atoms with van der Waals surface area (Å²) in [6, 6.07) is 21.7. The Balaban J connectivity index is 1.75. The van der Waals surface area contributed by atoms with E-state index in [1.54, 1.807) is 37.3 Å². The molecular formula is C21H18O4. The molecule has 0 fully saturated rings. The van der Waals surface area contributed by atoms with Crippen molar-refractivity contribution >= 4 is 22.7 Å². The highest BCUT2D eigenvalue weighted by molar-refractivity contribution is 5.93. The van der Waals surface area contributed by atoms with Crippen LogP contribution >= 0.6 is 0 Å². The summed E-state index contributed by atoms with van der Waals surface area (Å²) in [5.41, 5.74) is 0.402. The number of ether oxygens (including phenoxy) is 2. The van der Waals surface area contributed by atoms with Gasteiger partial charge in [0.05, 0.1) is 5.56 Å². The summed E-state index contributed by atoms with van der Waals surface area (Å²) in [5.74, 6) is -0.664. The van der Waals surface area contributed by atoms with E-state index < -0.39 is 18.0 Å². The van der Waals surface area contributed by atoms with E-state index in [4.69, 9.17) is 9.47 Å². The van der Waals surface area contributed by atoms with E-state index in [0.717, 1.165) is 10.8 Å². The minimum Gasteiger partial charge on any atom is -0.447 e. The average molecular weight is 334 g/mol. The molecule has 4 heteroatoms. The van der Waals surface area contributed by atoms with Crippen LogP contribution in [0.3, 0.4) is 0 Å². The summed E-state index contributed by atoms with van der Waals surface area (Å²) in [4.78, 5) is 24.6. The fourth-order valence-corrected chi connectivity index (χ4v) is 2.53. The third-order valence-corrected chi connectivity index (χ3v) is 3.85. The molecule has 0 bridgehead atoms. The first kappa shape index (κ1) is 16.7. The molecule has 3 rings (SSSR count). The van der Waals surface area contributed by atoms with Crippen LogP contribution in [0.5, 0.6) is 5.75 Å². The Kier molecular flexibility index (Phi) is 5.09. The lowest BCUT2D eigenvalue weighted by molar-refractivity contribution is -0.144. The molecule has 0 heterocycles. The van der Waals surface area contributed by atoms with Crippen molar-refractivity contribution in [2.24, 2.45) is 0 Å². The van der Waals surface area contributed by atoms with E-state index in [1.807, 2.05) is 42.5 Å². The van der Waals surface area contributed by atoms with E-state index in [1.165, 1.54) is 0 Å². The van der Waals surface area contributed by atoms with Gasteiger partial charge in [0.1, 0.15) is 5.75 Å². The predicted molar refractivity (Wildman–Crippen MR) is 95.5 cm³/mol. The third-order valence-electron chi connectivity index (χ3n) is 3.85. The van der Waals surface area contributed by atoms with Crippen molar-refractivity contribution in [1.29, 1.82) is 0 Å². The summed E-state index contributed by atoms with van der Waals surface area (Å²) in [7, 11) is 0. The summed E-state index contributed by atoms with van der Waals surface area (Å²) < 4.78 is 10.8. The summed E-state index contributed by atoms with van der Waals surface area (Å²) >= 11 is 0. The highest BCUT2D eigenvalue weighted by atomic mass is 16.6. The van der Waals surface area contributed by atoms with Crippen LogP contribution in [0.1, 0.15) is 23.7 Å². The van der Waals surface area contributed by atoms with Crippen molar-refractivity contribution in [3.63, 3.8) is 0 Å². The lowest BCUT2D eigenvalue weighted by Gasteiger charge is -2.16. The van der Waals surface area contributed by atoms with Crippen LogP contribution in [0.25, 0.3) is 10.8 Å². The highest BCUT2D eigenvalue weighted by Gasteiger charge is 2.24. The quantitative estimate of drug-likeness (QED) is 0.513. The lowest BCUT2D eigenvalue weighted by atomic mass is 10.1. The first-order chi connectivity index (χ1) is 12.2. The molecule has 0 N–H and O–H groups in total. The van der Waals surface area contributed by atoms with Crippen LogP contribution in [0, 0.1) is 0 Å². The SMILES string of the molecule is CCC(OC(=O)c1ccccc1)C(=O)Oc1cccc2ccccc12. The van der Waals surface area contributed by atoms with Gasteiger partial charge in [-0.3, -0.25) is 0 Å². The van der Waals surface area contributed by atoms with E-state index in [2.05, 4.69) is 0 Å². The molecule has 0 amide bonds. The average Bonchev–Trinajstić information content (AvgIpc) is 2.66. The number of benzene rings is 3. The number of rotatable bonds is 5. The molecule has 1 unspecified atom stereocenters. The van der Waals surface area contributed by atoms with Gasteiger partial charge < -0.3 is 9.47 Å². The molecule has 25 heavy (non-hydrogen) atoms. The monoisotopic (exact) mass is 334 g/mol. The normalized spacial score (nSPS) is 11.7. The van der Waals surface area contributed by atoms with Crippen LogP contribution in [-0.4, -0.2) is 18.0 Å². The summed E-state index contributed by atoms with van der Waals surface area (Å²) in [5, 5.41) is 1.81. The van der Waals surface area contributed by atoms with E-state index in [-0.39, 0.29) is 0 Å². The Bertz CT molecular complexity index is 881. The number of fused-ring (bicyclic) bond motifs is 1.